The van der Waals surface area contributed by atoms with Gasteiger partial charge in [-0.15, -0.1) is 0 Å². The van der Waals surface area contributed by atoms with Crippen LogP contribution >= 0.6 is 12.2 Å². The predicted octanol–water partition coefficient (Wildman–Crippen LogP) is -0.438. The van der Waals surface area contributed by atoms with Crippen LogP contribution < -0.4 is 10.4 Å². The highest BCUT2D eigenvalue weighted by atomic mass is 32.2. The van der Waals surface area contributed by atoms with Gasteiger partial charge in [-0.2, -0.15) is 0 Å². The van der Waals surface area contributed by atoms with E-state index in [9.17, 15) is 13.2 Å². The standard InChI is InChI=1S/C7H14N4O3S2/c1-7(2,10-16(3,13)14)4-11-5(12)8-9-6(11)15/h10H,4H2,1-3H3,(H,8,12)(H,9,15). The van der Waals surface area contributed by atoms with Gasteiger partial charge < -0.3 is 0 Å². The summed E-state index contributed by atoms with van der Waals surface area (Å²) in [5, 5.41) is 4.81. The minimum Gasteiger partial charge on any atom is -0.272 e. The molecular weight excluding hydrogens is 252 g/mol. The Bertz CT molecular complexity index is 550. The highest BCUT2D eigenvalue weighted by molar-refractivity contribution is 7.88. The van der Waals surface area contributed by atoms with E-state index in [1.807, 2.05) is 0 Å². The third-order valence-corrected chi connectivity index (χ3v) is 3.03. The van der Waals surface area contributed by atoms with Gasteiger partial charge in [-0.3, -0.25) is 9.67 Å². The lowest BCUT2D eigenvalue weighted by Crippen LogP contribution is -2.47. The molecule has 0 bridgehead atoms. The highest BCUT2D eigenvalue weighted by Crippen LogP contribution is 2.06. The summed E-state index contributed by atoms with van der Waals surface area (Å²) in [6.45, 7) is 3.49. The van der Waals surface area contributed by atoms with Crippen molar-refractivity contribution < 1.29 is 8.42 Å². The van der Waals surface area contributed by atoms with E-state index in [1.165, 1.54) is 4.57 Å². The molecule has 92 valence electrons. The monoisotopic (exact) mass is 266 g/mol. The Balaban J connectivity index is 2.98. The van der Waals surface area contributed by atoms with Crippen molar-refractivity contribution in [2.24, 2.45) is 0 Å². The Kier molecular flexibility index (Phi) is 3.41. The van der Waals surface area contributed by atoms with Crippen molar-refractivity contribution in [3.63, 3.8) is 0 Å². The second-order valence-corrected chi connectivity index (χ2v) is 6.34. The molecule has 16 heavy (non-hydrogen) atoms. The molecule has 0 fully saturated rings. The molecule has 1 rings (SSSR count). The zero-order chi connectivity index (χ0) is 12.6. The SMILES string of the molecule is CC(C)(Cn1c(=O)[nH][nH]c1=S)NS(C)(=O)=O. The number of H-pyrrole nitrogens is 2. The molecule has 0 aliphatic heterocycles. The maximum Gasteiger partial charge on any atom is 0.342 e. The molecule has 9 heteroatoms. The minimum absolute atomic E-state index is 0.151. The molecule has 1 aromatic heterocycles. The summed E-state index contributed by atoms with van der Waals surface area (Å²) < 4.78 is 26.1. The first-order chi connectivity index (χ1) is 7.11. The number of rotatable bonds is 4. The van der Waals surface area contributed by atoms with Crippen LogP contribution in [0.5, 0.6) is 0 Å². The summed E-state index contributed by atoms with van der Waals surface area (Å²) in [4.78, 5) is 11.3. The average Bonchev–Trinajstić information content (AvgIpc) is 2.30. The number of nitrogens with one attached hydrogen (secondary N) is 3. The van der Waals surface area contributed by atoms with E-state index in [0.29, 0.717) is 0 Å². The number of hydrogen-bond donors (Lipinski definition) is 3. The van der Waals surface area contributed by atoms with E-state index in [0.717, 1.165) is 6.26 Å². The fourth-order valence-electron chi connectivity index (χ4n) is 1.41. The van der Waals surface area contributed by atoms with Gasteiger partial charge in [0.15, 0.2) is 4.77 Å². The molecule has 0 aromatic carbocycles. The van der Waals surface area contributed by atoms with Crippen molar-refractivity contribution in [1.82, 2.24) is 19.5 Å². The van der Waals surface area contributed by atoms with Crippen LogP contribution in [0.25, 0.3) is 0 Å². The fourth-order valence-corrected chi connectivity index (χ4v) is 2.67. The third-order valence-electron chi connectivity index (χ3n) is 1.78. The number of sulfonamides is 1. The molecule has 0 amide bonds. The molecule has 0 radical (unpaired) electrons. The molecule has 0 aliphatic carbocycles. The summed E-state index contributed by atoms with van der Waals surface area (Å²) in [5.74, 6) is 0. The highest BCUT2D eigenvalue weighted by Gasteiger charge is 2.23. The summed E-state index contributed by atoms with van der Waals surface area (Å²) in [6.07, 6.45) is 1.06. The Morgan fingerprint density at radius 3 is 2.38 bits per heavy atom. The molecule has 0 saturated heterocycles. The van der Waals surface area contributed by atoms with Gasteiger partial charge in [0.05, 0.1) is 6.26 Å². The van der Waals surface area contributed by atoms with Crippen LogP contribution in [0.1, 0.15) is 13.8 Å². The maximum atomic E-state index is 11.3. The lowest BCUT2D eigenvalue weighted by Gasteiger charge is -2.24. The van der Waals surface area contributed by atoms with Crippen LogP contribution in [0.4, 0.5) is 0 Å². The van der Waals surface area contributed by atoms with Crippen LogP contribution in [-0.2, 0) is 16.6 Å². The number of aromatic amines is 2. The van der Waals surface area contributed by atoms with E-state index in [-0.39, 0.29) is 11.3 Å². The van der Waals surface area contributed by atoms with E-state index in [1.54, 1.807) is 13.8 Å². The molecule has 0 atom stereocenters. The van der Waals surface area contributed by atoms with E-state index >= 15 is 0 Å². The Morgan fingerprint density at radius 1 is 1.44 bits per heavy atom. The Labute approximate surface area is 97.9 Å². The van der Waals surface area contributed by atoms with E-state index < -0.39 is 21.3 Å². The number of aromatic nitrogens is 3. The Morgan fingerprint density at radius 2 is 2.00 bits per heavy atom. The van der Waals surface area contributed by atoms with Gasteiger partial charge in [0.1, 0.15) is 0 Å². The predicted molar refractivity (Wildman–Crippen MR) is 62.3 cm³/mol. The quantitative estimate of drug-likeness (QED) is 0.643. The summed E-state index contributed by atoms with van der Waals surface area (Å²) in [7, 11) is -3.33. The summed E-state index contributed by atoms with van der Waals surface area (Å²) in [6, 6.07) is 0. The molecule has 0 unspecified atom stereocenters. The largest absolute Gasteiger partial charge is 0.342 e. The van der Waals surface area contributed by atoms with Gasteiger partial charge >= 0.3 is 5.69 Å². The molecule has 1 heterocycles. The molecule has 1 aromatic rings. The lowest BCUT2D eigenvalue weighted by molar-refractivity contribution is 0.384. The third kappa shape index (κ3) is 3.58. The zero-order valence-corrected chi connectivity index (χ0v) is 10.8. The Hall–Kier alpha value is -0.930. The molecule has 3 N–H and O–H groups in total. The van der Waals surface area contributed by atoms with Crippen molar-refractivity contribution in [3.05, 3.63) is 15.3 Å². The zero-order valence-electron chi connectivity index (χ0n) is 9.20. The van der Waals surface area contributed by atoms with E-state index in [4.69, 9.17) is 12.2 Å². The lowest BCUT2D eigenvalue weighted by atomic mass is 10.1. The van der Waals surface area contributed by atoms with Crippen molar-refractivity contribution in [2.45, 2.75) is 25.9 Å². The number of nitrogens with zero attached hydrogens (tertiary/aromatic N) is 1. The summed E-state index contributed by atoms with van der Waals surface area (Å²) >= 11 is 4.88. The van der Waals surface area contributed by atoms with Gasteiger partial charge in [0.25, 0.3) is 0 Å². The summed E-state index contributed by atoms with van der Waals surface area (Å²) in [5.41, 5.74) is -1.19. The van der Waals surface area contributed by atoms with Crippen LogP contribution in [-0.4, -0.2) is 35.0 Å². The van der Waals surface area contributed by atoms with Crippen molar-refractivity contribution in [1.29, 1.82) is 0 Å². The van der Waals surface area contributed by atoms with Gasteiger partial charge in [-0.1, -0.05) is 0 Å². The first-order valence-electron chi connectivity index (χ1n) is 4.47. The molecule has 0 saturated carbocycles. The van der Waals surface area contributed by atoms with Gasteiger partial charge in [0, 0.05) is 12.1 Å². The van der Waals surface area contributed by atoms with Crippen LogP contribution in [0, 0.1) is 4.77 Å². The van der Waals surface area contributed by atoms with Crippen LogP contribution in [0.3, 0.4) is 0 Å². The maximum absolute atomic E-state index is 11.3. The topological polar surface area (TPSA) is 99.8 Å². The normalized spacial score (nSPS) is 12.9. The van der Waals surface area contributed by atoms with Crippen molar-refractivity contribution in [3.8, 4) is 0 Å². The first-order valence-corrected chi connectivity index (χ1v) is 6.77. The first kappa shape index (κ1) is 13.1. The van der Waals surface area contributed by atoms with Gasteiger partial charge in [-0.25, -0.2) is 23.0 Å². The van der Waals surface area contributed by atoms with E-state index in [2.05, 4.69) is 14.9 Å². The fraction of sp³-hybridized carbons (Fsp3) is 0.714. The van der Waals surface area contributed by atoms with Gasteiger partial charge in [0.2, 0.25) is 10.0 Å². The van der Waals surface area contributed by atoms with Gasteiger partial charge in [-0.05, 0) is 26.1 Å². The molecule has 0 spiro atoms. The second kappa shape index (κ2) is 4.15. The van der Waals surface area contributed by atoms with Crippen molar-refractivity contribution in [2.75, 3.05) is 6.26 Å². The van der Waals surface area contributed by atoms with Crippen molar-refractivity contribution >= 4 is 22.2 Å². The average molecular weight is 266 g/mol. The molecule has 7 nitrogen and oxygen atoms in total. The second-order valence-electron chi connectivity index (χ2n) is 4.20. The number of hydrogen-bond acceptors (Lipinski definition) is 4. The molecular formula is C7H14N4O3S2. The van der Waals surface area contributed by atoms with Crippen LogP contribution in [0.15, 0.2) is 4.79 Å². The van der Waals surface area contributed by atoms with Crippen LogP contribution in [0.2, 0.25) is 0 Å². The molecule has 0 aliphatic rings. The smallest absolute Gasteiger partial charge is 0.272 e. The minimum atomic E-state index is -3.33.